The molecule has 1 amide bonds. The van der Waals surface area contributed by atoms with Crippen LogP contribution in [0.25, 0.3) is 0 Å². The number of anilines is 2. The number of carbonyl (C=O) groups is 1. The van der Waals surface area contributed by atoms with Crippen molar-refractivity contribution in [3.8, 4) is 0 Å². The standard InChI is InChI=1S/C21H26ClN3O2S/c1-3-10-25(15-19-8-9-20(22)28-19)16(2)21(26)23-17-4-6-18(7-5-17)24-11-13-27-14-12-24/h3-9,16H,1,10-15H2,2H3,(H,23,26)/t16-/m0/s1. The van der Waals surface area contributed by atoms with E-state index in [1.807, 2.05) is 49.4 Å². The normalized spacial score (nSPS) is 15.5. The van der Waals surface area contributed by atoms with Crippen LogP contribution in [-0.4, -0.2) is 49.7 Å². The van der Waals surface area contributed by atoms with E-state index in [0.717, 1.165) is 46.9 Å². The predicted molar refractivity (Wildman–Crippen MR) is 118 cm³/mol. The summed E-state index contributed by atoms with van der Waals surface area (Å²) in [5.74, 6) is -0.0383. The Bertz CT molecular complexity index is 787. The average Bonchev–Trinajstić information content (AvgIpc) is 3.13. The number of nitrogens with one attached hydrogen (secondary N) is 1. The largest absolute Gasteiger partial charge is 0.378 e. The van der Waals surface area contributed by atoms with E-state index in [4.69, 9.17) is 16.3 Å². The van der Waals surface area contributed by atoms with E-state index in [9.17, 15) is 4.79 Å². The highest BCUT2D eigenvalue weighted by molar-refractivity contribution is 7.16. The van der Waals surface area contributed by atoms with Crippen molar-refractivity contribution >= 4 is 40.2 Å². The number of hydrogen-bond donors (Lipinski definition) is 1. The molecule has 1 fully saturated rings. The van der Waals surface area contributed by atoms with Crippen molar-refractivity contribution in [1.29, 1.82) is 0 Å². The molecule has 1 atom stereocenters. The summed E-state index contributed by atoms with van der Waals surface area (Å²) in [7, 11) is 0. The Kier molecular flexibility index (Phi) is 7.50. The summed E-state index contributed by atoms with van der Waals surface area (Å²) in [5, 5.41) is 3.02. The van der Waals surface area contributed by atoms with Gasteiger partial charge in [-0.15, -0.1) is 17.9 Å². The van der Waals surface area contributed by atoms with E-state index < -0.39 is 0 Å². The van der Waals surface area contributed by atoms with Crippen LogP contribution in [0.1, 0.15) is 11.8 Å². The molecule has 2 aromatic rings. The van der Waals surface area contributed by atoms with Gasteiger partial charge in [-0.2, -0.15) is 0 Å². The number of benzene rings is 1. The zero-order valence-corrected chi connectivity index (χ0v) is 17.6. The molecule has 0 radical (unpaired) electrons. The molecule has 150 valence electrons. The molecule has 1 N–H and O–H groups in total. The summed E-state index contributed by atoms with van der Waals surface area (Å²) < 4.78 is 6.15. The van der Waals surface area contributed by atoms with Crippen molar-refractivity contribution < 1.29 is 9.53 Å². The van der Waals surface area contributed by atoms with Crippen molar-refractivity contribution in [2.24, 2.45) is 0 Å². The summed E-state index contributed by atoms with van der Waals surface area (Å²) in [4.78, 5) is 18.3. The van der Waals surface area contributed by atoms with Gasteiger partial charge in [0.15, 0.2) is 0 Å². The number of nitrogens with zero attached hydrogens (tertiary/aromatic N) is 2. The number of hydrogen-bond acceptors (Lipinski definition) is 5. The zero-order chi connectivity index (χ0) is 19.9. The molecule has 1 aromatic heterocycles. The van der Waals surface area contributed by atoms with Crippen LogP contribution in [0.5, 0.6) is 0 Å². The Morgan fingerprint density at radius 3 is 2.64 bits per heavy atom. The number of thiophene rings is 1. The molecule has 7 heteroatoms. The highest BCUT2D eigenvalue weighted by Crippen LogP contribution is 2.24. The Hall–Kier alpha value is -1.86. The van der Waals surface area contributed by atoms with E-state index in [1.165, 1.54) is 11.3 Å². The molecule has 3 rings (SSSR count). The zero-order valence-electron chi connectivity index (χ0n) is 16.1. The second-order valence-corrected chi connectivity index (χ2v) is 8.54. The number of morpholine rings is 1. The van der Waals surface area contributed by atoms with Gasteiger partial charge in [-0.3, -0.25) is 9.69 Å². The number of carbonyl (C=O) groups excluding carboxylic acids is 1. The van der Waals surface area contributed by atoms with Crippen molar-refractivity contribution in [1.82, 2.24) is 4.90 Å². The van der Waals surface area contributed by atoms with Crippen molar-refractivity contribution in [2.75, 3.05) is 43.1 Å². The first-order valence-corrected chi connectivity index (χ1v) is 10.6. The number of halogens is 1. The Morgan fingerprint density at radius 2 is 2.04 bits per heavy atom. The fraction of sp³-hybridized carbons (Fsp3) is 0.381. The van der Waals surface area contributed by atoms with Crippen LogP contribution in [0.3, 0.4) is 0 Å². The molecule has 2 heterocycles. The van der Waals surface area contributed by atoms with Crippen LogP contribution in [-0.2, 0) is 16.1 Å². The number of ether oxygens (including phenoxy) is 1. The number of rotatable bonds is 8. The molecule has 0 spiro atoms. The minimum Gasteiger partial charge on any atom is -0.378 e. The summed E-state index contributed by atoms with van der Waals surface area (Å²) in [6, 6.07) is 11.6. The van der Waals surface area contributed by atoms with Crippen molar-refractivity contribution in [3.63, 3.8) is 0 Å². The second kappa shape index (κ2) is 10.1. The average molecular weight is 420 g/mol. The molecule has 0 aliphatic carbocycles. The fourth-order valence-corrected chi connectivity index (χ4v) is 4.27. The van der Waals surface area contributed by atoms with Crippen LogP contribution in [0.15, 0.2) is 49.1 Å². The third kappa shape index (κ3) is 5.58. The van der Waals surface area contributed by atoms with Crippen molar-refractivity contribution in [2.45, 2.75) is 19.5 Å². The molecule has 1 aliphatic heterocycles. The van der Waals surface area contributed by atoms with E-state index >= 15 is 0 Å². The molecule has 0 unspecified atom stereocenters. The van der Waals surface area contributed by atoms with Gasteiger partial charge in [-0.1, -0.05) is 17.7 Å². The third-order valence-electron chi connectivity index (χ3n) is 4.79. The maximum absolute atomic E-state index is 12.8. The lowest BCUT2D eigenvalue weighted by Gasteiger charge is -2.29. The summed E-state index contributed by atoms with van der Waals surface area (Å²) in [5.41, 5.74) is 1.95. The van der Waals surface area contributed by atoms with Gasteiger partial charge in [0.1, 0.15) is 0 Å². The van der Waals surface area contributed by atoms with Crippen LogP contribution in [0.2, 0.25) is 4.34 Å². The van der Waals surface area contributed by atoms with Gasteiger partial charge < -0.3 is 15.0 Å². The van der Waals surface area contributed by atoms with Gasteiger partial charge in [0, 0.05) is 42.4 Å². The van der Waals surface area contributed by atoms with Gasteiger partial charge in [0.2, 0.25) is 5.91 Å². The predicted octanol–water partition coefficient (Wildman–Crippen LogP) is 4.25. The molecule has 0 saturated carbocycles. The van der Waals surface area contributed by atoms with E-state index in [-0.39, 0.29) is 11.9 Å². The van der Waals surface area contributed by atoms with Crippen LogP contribution < -0.4 is 10.2 Å². The topological polar surface area (TPSA) is 44.8 Å². The summed E-state index contributed by atoms with van der Waals surface area (Å²) in [6.45, 7) is 10.3. The highest BCUT2D eigenvalue weighted by atomic mass is 35.5. The summed E-state index contributed by atoms with van der Waals surface area (Å²) >= 11 is 7.56. The molecular formula is C21H26ClN3O2S. The Morgan fingerprint density at radius 1 is 1.32 bits per heavy atom. The van der Waals surface area contributed by atoms with Crippen LogP contribution >= 0.6 is 22.9 Å². The van der Waals surface area contributed by atoms with Gasteiger partial charge in [-0.05, 0) is 43.3 Å². The lowest BCUT2D eigenvalue weighted by atomic mass is 10.2. The van der Waals surface area contributed by atoms with E-state index in [1.54, 1.807) is 0 Å². The monoisotopic (exact) mass is 419 g/mol. The maximum Gasteiger partial charge on any atom is 0.241 e. The van der Waals surface area contributed by atoms with Crippen LogP contribution in [0, 0.1) is 0 Å². The molecule has 28 heavy (non-hydrogen) atoms. The van der Waals surface area contributed by atoms with E-state index in [0.29, 0.717) is 13.1 Å². The van der Waals surface area contributed by atoms with E-state index in [2.05, 4.69) is 21.7 Å². The van der Waals surface area contributed by atoms with Gasteiger partial charge >= 0.3 is 0 Å². The summed E-state index contributed by atoms with van der Waals surface area (Å²) in [6.07, 6.45) is 1.82. The Balaban J connectivity index is 1.60. The first-order chi connectivity index (χ1) is 13.6. The lowest BCUT2D eigenvalue weighted by molar-refractivity contribution is -0.120. The molecule has 1 aromatic carbocycles. The molecular weight excluding hydrogens is 394 g/mol. The SMILES string of the molecule is C=CCN(Cc1ccc(Cl)s1)[C@@H](C)C(=O)Nc1ccc(N2CCOCC2)cc1. The molecule has 1 aliphatic rings. The van der Waals surface area contributed by atoms with Crippen molar-refractivity contribution in [3.05, 3.63) is 58.3 Å². The van der Waals surface area contributed by atoms with Crippen LogP contribution in [0.4, 0.5) is 11.4 Å². The fourth-order valence-electron chi connectivity index (χ4n) is 3.15. The molecule has 1 saturated heterocycles. The molecule has 0 bridgehead atoms. The third-order valence-corrected chi connectivity index (χ3v) is 6.01. The molecule has 5 nitrogen and oxygen atoms in total. The lowest BCUT2D eigenvalue weighted by Crippen LogP contribution is -2.41. The smallest absolute Gasteiger partial charge is 0.241 e. The Labute approximate surface area is 175 Å². The number of amides is 1. The van der Waals surface area contributed by atoms with Gasteiger partial charge in [0.05, 0.1) is 23.6 Å². The van der Waals surface area contributed by atoms with Gasteiger partial charge in [0.25, 0.3) is 0 Å². The quantitative estimate of drug-likeness (QED) is 0.649. The first kappa shape index (κ1) is 20.9. The minimum absolute atomic E-state index is 0.0383. The minimum atomic E-state index is -0.294. The highest BCUT2D eigenvalue weighted by Gasteiger charge is 2.21. The maximum atomic E-state index is 12.8. The first-order valence-electron chi connectivity index (χ1n) is 9.39. The second-order valence-electron chi connectivity index (χ2n) is 6.74. The van der Waals surface area contributed by atoms with Gasteiger partial charge in [-0.25, -0.2) is 0 Å².